The highest BCUT2D eigenvalue weighted by atomic mass is 35.5. The number of nitrogens with zero attached hydrogens (tertiary/aromatic N) is 4. The van der Waals surface area contributed by atoms with Gasteiger partial charge in [0.1, 0.15) is 11.4 Å². The molecule has 0 fully saturated rings. The normalized spacial score (nSPS) is 13.6. The largest absolute Gasteiger partial charge is 0.324 e. The van der Waals surface area contributed by atoms with E-state index in [2.05, 4.69) is 41.7 Å². The molecule has 0 aliphatic rings. The number of hydrogen-bond acceptors (Lipinski definition) is 10. The first-order chi connectivity index (χ1) is 30.8. The summed E-state index contributed by atoms with van der Waals surface area (Å²) in [6.07, 6.45) is 0. The molecule has 4 N–H and O–H groups in total. The zero-order valence-electron chi connectivity index (χ0n) is 35.3. The summed E-state index contributed by atoms with van der Waals surface area (Å²) in [7, 11) is 0. The predicted octanol–water partition coefficient (Wildman–Crippen LogP) is 12.8. The molecule has 5 rings (SSSR count). The standard InChI is InChI=1S/C46H41Cl5N8O6/c1-23(47)28-10-6-12-30(20-28)52-43(62)33-14-8-16-37(39(33)50)56-58-41(26(4)60)45(64)54-32-18-19-36(35(22-32)25(3)49)55-46(65)42(27(5)61)59-57-38-17-9-15-34(40(38)51)44(63)53-31-13-7-11-29(21-31)24(2)48/h6-25,41-42H,1-5H3,(H,52,62)(H,53,63)(H,54,64)(H,55,65). The molecule has 0 bridgehead atoms. The van der Waals surface area contributed by atoms with Crippen molar-refractivity contribution < 1.29 is 28.8 Å². The maximum atomic E-state index is 13.5. The molecule has 0 spiro atoms. The Morgan fingerprint density at radius 1 is 0.492 bits per heavy atom. The molecule has 5 unspecified atom stereocenters. The number of rotatable bonds is 17. The molecule has 5 aromatic carbocycles. The lowest BCUT2D eigenvalue weighted by Gasteiger charge is -2.17. The Morgan fingerprint density at radius 2 is 0.908 bits per heavy atom. The van der Waals surface area contributed by atoms with Gasteiger partial charge in [-0.3, -0.25) is 28.8 Å². The van der Waals surface area contributed by atoms with Gasteiger partial charge in [0.05, 0.1) is 37.3 Å². The topological polar surface area (TPSA) is 200 Å². The number of amides is 4. The van der Waals surface area contributed by atoms with Crippen LogP contribution in [0.25, 0.3) is 0 Å². The summed E-state index contributed by atoms with van der Waals surface area (Å²) >= 11 is 32.0. The van der Waals surface area contributed by atoms with Crippen LogP contribution in [0.4, 0.5) is 34.1 Å². The van der Waals surface area contributed by atoms with Crippen LogP contribution < -0.4 is 21.3 Å². The number of azo groups is 2. The highest BCUT2D eigenvalue weighted by Gasteiger charge is 2.27. The van der Waals surface area contributed by atoms with Gasteiger partial charge in [0.25, 0.3) is 23.6 Å². The van der Waals surface area contributed by atoms with Crippen molar-refractivity contribution in [3.05, 3.63) is 141 Å². The van der Waals surface area contributed by atoms with Crippen LogP contribution in [0.1, 0.15) is 88.2 Å². The highest BCUT2D eigenvalue weighted by molar-refractivity contribution is 6.37. The summed E-state index contributed by atoms with van der Waals surface area (Å²) in [6.45, 7) is 7.54. The van der Waals surface area contributed by atoms with E-state index in [0.29, 0.717) is 16.9 Å². The Morgan fingerprint density at radius 3 is 1.32 bits per heavy atom. The van der Waals surface area contributed by atoms with Crippen LogP contribution in [0.5, 0.6) is 0 Å². The van der Waals surface area contributed by atoms with Crippen molar-refractivity contribution in [1.82, 2.24) is 0 Å². The van der Waals surface area contributed by atoms with Crippen LogP contribution in [0, 0.1) is 0 Å². The molecule has 0 aliphatic carbocycles. The molecule has 65 heavy (non-hydrogen) atoms. The molecule has 19 heteroatoms. The third-order valence-electron chi connectivity index (χ3n) is 9.49. The van der Waals surface area contributed by atoms with Gasteiger partial charge in [0.15, 0.2) is 11.6 Å². The van der Waals surface area contributed by atoms with E-state index < -0.39 is 52.7 Å². The average Bonchev–Trinajstić information content (AvgIpc) is 3.25. The molecule has 5 atom stereocenters. The first kappa shape index (κ1) is 50.0. The fourth-order valence-corrected chi connectivity index (χ4v) is 6.99. The Balaban J connectivity index is 1.28. The van der Waals surface area contributed by atoms with Crippen molar-refractivity contribution in [3.8, 4) is 0 Å². The van der Waals surface area contributed by atoms with E-state index in [-0.39, 0.29) is 54.7 Å². The lowest BCUT2D eigenvalue weighted by molar-refractivity contribution is -0.127. The van der Waals surface area contributed by atoms with Crippen molar-refractivity contribution in [2.75, 3.05) is 21.3 Å². The number of nitrogens with one attached hydrogen (secondary N) is 4. The highest BCUT2D eigenvalue weighted by Crippen LogP contribution is 2.34. The minimum absolute atomic E-state index is 0.0272. The Kier molecular flexibility index (Phi) is 17.5. The number of Topliss-reactive ketones (excluding diaryl/α,β-unsaturated/α-hetero) is 2. The minimum Gasteiger partial charge on any atom is -0.324 e. The van der Waals surface area contributed by atoms with Crippen LogP contribution in [0.15, 0.2) is 124 Å². The third kappa shape index (κ3) is 13.3. The van der Waals surface area contributed by atoms with Crippen LogP contribution in [0.3, 0.4) is 0 Å². The van der Waals surface area contributed by atoms with Crippen LogP contribution in [-0.2, 0) is 19.2 Å². The van der Waals surface area contributed by atoms with Crippen LogP contribution in [-0.4, -0.2) is 47.3 Å². The fourth-order valence-electron chi connectivity index (χ4n) is 6.04. The summed E-state index contributed by atoms with van der Waals surface area (Å²) in [5.41, 5.74) is 3.49. The molecule has 0 aromatic heterocycles. The third-order valence-corrected chi connectivity index (χ3v) is 11.0. The van der Waals surface area contributed by atoms with Crippen molar-refractivity contribution in [2.24, 2.45) is 20.5 Å². The summed E-state index contributed by atoms with van der Waals surface area (Å²) in [5, 5.41) is 25.4. The molecule has 0 aliphatic heterocycles. The van der Waals surface area contributed by atoms with Gasteiger partial charge in [-0.05, 0) is 118 Å². The summed E-state index contributed by atoms with van der Waals surface area (Å²) < 4.78 is 0. The number of ketones is 2. The lowest BCUT2D eigenvalue weighted by Crippen LogP contribution is -2.32. The maximum Gasteiger partial charge on any atom is 0.258 e. The quantitative estimate of drug-likeness (QED) is 0.0406. The Hall–Kier alpha value is -6.03. The first-order valence-corrected chi connectivity index (χ1v) is 21.8. The fraction of sp³-hybridized carbons (Fsp3) is 0.217. The molecular weight excluding hydrogens is 938 g/mol. The van der Waals surface area contributed by atoms with Gasteiger partial charge in [-0.15, -0.1) is 34.8 Å². The Labute approximate surface area is 399 Å². The molecule has 0 heterocycles. The number of alkyl halides is 3. The van der Waals surface area contributed by atoms with Gasteiger partial charge in [-0.1, -0.05) is 59.6 Å². The zero-order chi connectivity index (χ0) is 47.5. The van der Waals surface area contributed by atoms with Crippen LogP contribution >= 0.6 is 58.0 Å². The van der Waals surface area contributed by atoms with Gasteiger partial charge in [-0.2, -0.15) is 20.5 Å². The van der Waals surface area contributed by atoms with Gasteiger partial charge >= 0.3 is 0 Å². The summed E-state index contributed by atoms with van der Waals surface area (Å²) in [6, 6.07) is 24.0. The molecule has 0 saturated carbocycles. The average molecular weight is 979 g/mol. The van der Waals surface area contributed by atoms with Gasteiger partial charge in [0, 0.05) is 22.7 Å². The van der Waals surface area contributed by atoms with Crippen molar-refractivity contribution in [2.45, 2.75) is 62.8 Å². The van der Waals surface area contributed by atoms with Gasteiger partial charge in [-0.25, -0.2) is 0 Å². The zero-order valence-corrected chi connectivity index (χ0v) is 39.1. The molecule has 336 valence electrons. The second-order valence-corrected chi connectivity index (χ2v) is 17.2. The number of hydrogen-bond donors (Lipinski definition) is 4. The van der Waals surface area contributed by atoms with Gasteiger partial charge in [0.2, 0.25) is 12.1 Å². The smallest absolute Gasteiger partial charge is 0.258 e. The van der Waals surface area contributed by atoms with E-state index in [1.807, 2.05) is 12.1 Å². The summed E-state index contributed by atoms with van der Waals surface area (Å²) in [5.74, 6) is -4.08. The molecular formula is C46H41Cl5N8O6. The molecule has 5 aromatic rings. The number of carbonyl (C=O) groups excluding carboxylic acids is 6. The number of anilines is 4. The first-order valence-electron chi connectivity index (χ1n) is 19.7. The summed E-state index contributed by atoms with van der Waals surface area (Å²) in [4.78, 5) is 78.5. The van der Waals surface area contributed by atoms with E-state index in [1.54, 1.807) is 57.2 Å². The predicted molar refractivity (Wildman–Crippen MR) is 256 cm³/mol. The van der Waals surface area contributed by atoms with Crippen LogP contribution in [0.2, 0.25) is 10.0 Å². The second-order valence-electron chi connectivity index (χ2n) is 14.5. The number of benzene rings is 5. The Bertz CT molecular complexity index is 2710. The molecule has 0 radical (unpaired) electrons. The van der Waals surface area contributed by atoms with E-state index >= 15 is 0 Å². The monoisotopic (exact) mass is 976 g/mol. The number of carbonyl (C=O) groups is 6. The van der Waals surface area contributed by atoms with Gasteiger partial charge < -0.3 is 21.3 Å². The lowest BCUT2D eigenvalue weighted by atomic mass is 10.1. The minimum atomic E-state index is -1.64. The van der Waals surface area contributed by atoms with Crippen molar-refractivity contribution in [1.29, 1.82) is 0 Å². The van der Waals surface area contributed by atoms with E-state index in [4.69, 9.17) is 58.0 Å². The molecule has 14 nitrogen and oxygen atoms in total. The molecule has 4 amide bonds. The SMILES string of the molecule is CC(=O)C(N=Nc1cccc(C(=O)Nc2cccc(C(C)Cl)c2)c1Cl)C(=O)Nc1ccc(NC(=O)C(N=Nc2cccc(C(=O)Nc3cccc(C(C)Cl)c3)c2Cl)C(C)=O)c(C(C)Cl)c1. The van der Waals surface area contributed by atoms with Crippen molar-refractivity contribution >= 4 is 127 Å². The van der Waals surface area contributed by atoms with E-state index in [9.17, 15) is 28.8 Å². The second kappa shape index (κ2) is 22.7. The van der Waals surface area contributed by atoms with Crippen molar-refractivity contribution in [3.63, 3.8) is 0 Å². The van der Waals surface area contributed by atoms with E-state index in [1.165, 1.54) is 54.6 Å². The number of halogens is 5. The maximum absolute atomic E-state index is 13.5. The molecule has 0 saturated heterocycles. The van der Waals surface area contributed by atoms with E-state index in [0.717, 1.165) is 25.0 Å².